The Hall–Kier alpha value is -1.14. The molecule has 1 aliphatic heterocycles. The highest BCUT2D eigenvalue weighted by atomic mass is 16.5. The van der Waals surface area contributed by atoms with Gasteiger partial charge in [-0.25, -0.2) is 0 Å². The van der Waals surface area contributed by atoms with Crippen LogP contribution in [0.25, 0.3) is 0 Å². The zero-order chi connectivity index (χ0) is 17.4. The van der Waals surface area contributed by atoms with Gasteiger partial charge in [0.15, 0.2) is 0 Å². The highest BCUT2D eigenvalue weighted by molar-refractivity contribution is 5.76. The van der Waals surface area contributed by atoms with Crippen molar-refractivity contribution in [1.82, 2.24) is 10.6 Å². The fraction of sp³-hybridized carbons (Fsp3) is 0.889. The van der Waals surface area contributed by atoms with Crippen LogP contribution in [0.3, 0.4) is 0 Å². The molecule has 0 aromatic rings. The maximum atomic E-state index is 12.1. The lowest BCUT2D eigenvalue weighted by Gasteiger charge is -2.36. The average molecular weight is 340 g/mol. The lowest BCUT2D eigenvalue weighted by atomic mass is 9.89. The first-order valence-corrected chi connectivity index (χ1v) is 9.44. The molecule has 2 aliphatic rings. The van der Waals surface area contributed by atoms with Crippen molar-refractivity contribution in [1.29, 1.82) is 0 Å². The Morgan fingerprint density at radius 2 is 1.83 bits per heavy atom. The van der Waals surface area contributed by atoms with Crippen LogP contribution >= 0.6 is 0 Å². The summed E-state index contributed by atoms with van der Waals surface area (Å²) in [5, 5.41) is 15.4. The topological polar surface area (TPSA) is 87.7 Å². The van der Waals surface area contributed by atoms with Crippen molar-refractivity contribution in [2.45, 2.75) is 83.0 Å². The van der Waals surface area contributed by atoms with Gasteiger partial charge in [-0.2, -0.15) is 0 Å². The van der Waals surface area contributed by atoms with Crippen LogP contribution in [0.5, 0.6) is 0 Å². The summed E-state index contributed by atoms with van der Waals surface area (Å²) in [6.07, 6.45) is 7.90. The second-order valence-electron chi connectivity index (χ2n) is 7.10. The fourth-order valence-electron chi connectivity index (χ4n) is 3.68. The molecule has 1 saturated carbocycles. The summed E-state index contributed by atoms with van der Waals surface area (Å²) in [4.78, 5) is 23.7. The molecule has 138 valence electrons. The lowest BCUT2D eigenvalue weighted by Crippen LogP contribution is -2.51. The van der Waals surface area contributed by atoms with E-state index in [1.54, 1.807) is 6.92 Å². The predicted molar refractivity (Wildman–Crippen MR) is 91.4 cm³/mol. The molecule has 1 saturated heterocycles. The third-order valence-electron chi connectivity index (χ3n) is 5.19. The molecule has 2 fully saturated rings. The van der Waals surface area contributed by atoms with Gasteiger partial charge in [-0.05, 0) is 31.6 Å². The van der Waals surface area contributed by atoms with Crippen molar-refractivity contribution in [3.05, 3.63) is 0 Å². The lowest BCUT2D eigenvalue weighted by molar-refractivity contribution is -0.135. The van der Waals surface area contributed by atoms with E-state index in [0.717, 1.165) is 19.4 Å². The van der Waals surface area contributed by atoms with Crippen LogP contribution in [0.1, 0.15) is 64.7 Å². The fourth-order valence-corrected chi connectivity index (χ4v) is 3.68. The molecule has 0 unspecified atom stereocenters. The van der Waals surface area contributed by atoms with Gasteiger partial charge in [-0.1, -0.05) is 26.2 Å². The van der Waals surface area contributed by atoms with Gasteiger partial charge in [-0.15, -0.1) is 0 Å². The Balaban J connectivity index is 1.71. The Labute approximate surface area is 144 Å². The molecule has 0 radical (unpaired) electrons. The van der Waals surface area contributed by atoms with E-state index >= 15 is 0 Å². The molecule has 3 N–H and O–H groups in total. The van der Waals surface area contributed by atoms with E-state index in [-0.39, 0.29) is 30.6 Å². The van der Waals surface area contributed by atoms with Crippen molar-refractivity contribution in [2.75, 3.05) is 13.2 Å². The van der Waals surface area contributed by atoms with Gasteiger partial charge >= 0.3 is 0 Å². The number of hydrogen-bond acceptors (Lipinski definition) is 4. The van der Waals surface area contributed by atoms with Crippen LogP contribution in [-0.2, 0) is 14.3 Å². The number of carbonyl (C=O) groups excluding carboxylic acids is 2. The van der Waals surface area contributed by atoms with Crippen molar-refractivity contribution in [3.8, 4) is 0 Å². The first-order chi connectivity index (χ1) is 11.6. The summed E-state index contributed by atoms with van der Waals surface area (Å²) >= 11 is 0. The molecule has 6 nitrogen and oxygen atoms in total. The number of nitrogens with one attached hydrogen (secondary N) is 2. The Kier molecular flexibility index (Phi) is 7.99. The third kappa shape index (κ3) is 6.06. The maximum Gasteiger partial charge on any atom is 0.222 e. The van der Waals surface area contributed by atoms with E-state index in [0.29, 0.717) is 18.8 Å². The van der Waals surface area contributed by atoms with Crippen LogP contribution < -0.4 is 10.6 Å². The van der Waals surface area contributed by atoms with E-state index in [9.17, 15) is 14.7 Å². The Morgan fingerprint density at radius 3 is 2.50 bits per heavy atom. The molecule has 2 rings (SSSR count). The zero-order valence-electron chi connectivity index (χ0n) is 14.8. The standard InChI is InChI=1S/C18H32N2O4/c1-2-17(22)20-15-9-8-14(24-16(15)12-21)10-18(23)19-11-13-6-4-3-5-7-13/h13-16,21H,2-12H2,1H3,(H,19,23)(H,20,22)/t14-,15+,16+/m1/s1. The Morgan fingerprint density at radius 1 is 1.08 bits per heavy atom. The molecule has 0 bridgehead atoms. The van der Waals surface area contributed by atoms with Gasteiger partial charge < -0.3 is 20.5 Å². The SMILES string of the molecule is CCC(=O)N[C@H]1CC[C@H](CC(=O)NCC2CCCCC2)O[C@H]1CO. The van der Waals surface area contributed by atoms with E-state index < -0.39 is 6.10 Å². The normalized spacial score (nSPS) is 28.3. The number of rotatable bonds is 7. The highest BCUT2D eigenvalue weighted by Crippen LogP contribution is 2.24. The average Bonchev–Trinajstić information content (AvgIpc) is 2.62. The van der Waals surface area contributed by atoms with Crippen molar-refractivity contribution >= 4 is 11.8 Å². The van der Waals surface area contributed by atoms with Crippen LogP contribution in [-0.4, -0.2) is 48.3 Å². The first-order valence-electron chi connectivity index (χ1n) is 9.44. The molecule has 1 heterocycles. The summed E-state index contributed by atoms with van der Waals surface area (Å²) in [6, 6.07) is -0.163. The summed E-state index contributed by atoms with van der Waals surface area (Å²) < 4.78 is 5.83. The number of aliphatic hydroxyl groups excluding tert-OH is 1. The number of hydrogen-bond donors (Lipinski definition) is 3. The van der Waals surface area contributed by atoms with E-state index in [1.807, 2.05) is 0 Å². The van der Waals surface area contributed by atoms with E-state index in [2.05, 4.69) is 10.6 Å². The molecule has 1 aliphatic carbocycles. The van der Waals surface area contributed by atoms with Crippen molar-refractivity contribution in [3.63, 3.8) is 0 Å². The van der Waals surface area contributed by atoms with Gasteiger partial charge in [0.25, 0.3) is 0 Å². The van der Waals surface area contributed by atoms with E-state index in [4.69, 9.17) is 4.74 Å². The summed E-state index contributed by atoms with van der Waals surface area (Å²) in [5.74, 6) is 0.609. The minimum atomic E-state index is -0.426. The minimum absolute atomic E-state index is 0.0262. The second kappa shape index (κ2) is 9.99. The van der Waals surface area contributed by atoms with Crippen LogP contribution in [0, 0.1) is 5.92 Å². The molecular formula is C18H32N2O4. The smallest absolute Gasteiger partial charge is 0.222 e. The highest BCUT2D eigenvalue weighted by Gasteiger charge is 2.32. The van der Waals surface area contributed by atoms with E-state index in [1.165, 1.54) is 32.1 Å². The largest absolute Gasteiger partial charge is 0.394 e. The number of amides is 2. The second-order valence-corrected chi connectivity index (χ2v) is 7.10. The quantitative estimate of drug-likeness (QED) is 0.655. The van der Waals surface area contributed by atoms with Gasteiger partial charge in [0, 0.05) is 13.0 Å². The molecule has 6 heteroatoms. The molecule has 0 spiro atoms. The van der Waals surface area contributed by atoms with Crippen molar-refractivity contribution in [2.24, 2.45) is 5.92 Å². The minimum Gasteiger partial charge on any atom is -0.394 e. The molecular weight excluding hydrogens is 308 g/mol. The van der Waals surface area contributed by atoms with Crippen LogP contribution in [0.15, 0.2) is 0 Å². The van der Waals surface area contributed by atoms with Gasteiger partial charge in [0.05, 0.1) is 25.2 Å². The number of ether oxygens (including phenoxy) is 1. The van der Waals surface area contributed by atoms with Gasteiger partial charge in [0.1, 0.15) is 6.10 Å². The van der Waals surface area contributed by atoms with Crippen LogP contribution in [0.4, 0.5) is 0 Å². The summed E-state index contributed by atoms with van der Waals surface area (Å²) in [6.45, 7) is 2.42. The summed E-state index contributed by atoms with van der Waals surface area (Å²) in [5.41, 5.74) is 0. The first kappa shape index (κ1) is 19.2. The summed E-state index contributed by atoms with van der Waals surface area (Å²) in [7, 11) is 0. The number of carbonyl (C=O) groups is 2. The molecule has 24 heavy (non-hydrogen) atoms. The third-order valence-corrected chi connectivity index (χ3v) is 5.19. The number of aliphatic hydroxyl groups is 1. The zero-order valence-corrected chi connectivity index (χ0v) is 14.8. The Bertz CT molecular complexity index is 410. The van der Waals surface area contributed by atoms with Gasteiger partial charge in [0.2, 0.25) is 11.8 Å². The molecule has 2 amide bonds. The van der Waals surface area contributed by atoms with Crippen LogP contribution in [0.2, 0.25) is 0 Å². The molecule has 0 aromatic heterocycles. The van der Waals surface area contributed by atoms with Gasteiger partial charge in [-0.3, -0.25) is 9.59 Å². The molecule has 3 atom stereocenters. The maximum absolute atomic E-state index is 12.1. The monoisotopic (exact) mass is 340 g/mol. The predicted octanol–water partition coefficient (Wildman–Crippen LogP) is 1.51. The molecule has 0 aromatic carbocycles. The van der Waals surface area contributed by atoms with Crippen molar-refractivity contribution < 1.29 is 19.4 Å².